The van der Waals surface area contributed by atoms with Crippen LogP contribution in [0.4, 0.5) is 5.88 Å². The molecule has 8 heteroatoms. The first kappa shape index (κ1) is 21.6. The zero-order valence-corrected chi connectivity index (χ0v) is 18.3. The zero-order valence-electron chi connectivity index (χ0n) is 16.8. The highest BCUT2D eigenvalue weighted by Gasteiger charge is 2.28. The number of nitrogens with zero attached hydrogens (tertiary/aromatic N) is 1. The standard InChI is InChI=1S/C24H16Cl2N2O4/c1-31-24(30)20-21(19-17(25)8-5-9-18(19)26)28-32-23(20)27-22(29)16-12-10-15(11-13-16)14-6-3-2-4-7-14/h2-13H,1H3,(H,27,29). The van der Waals surface area contributed by atoms with Crippen molar-refractivity contribution in [3.8, 4) is 22.4 Å². The molecule has 0 saturated carbocycles. The summed E-state index contributed by atoms with van der Waals surface area (Å²) in [5.41, 5.74) is 2.65. The van der Waals surface area contributed by atoms with Crippen LogP contribution in [0.3, 0.4) is 0 Å². The first-order valence-electron chi connectivity index (χ1n) is 9.48. The van der Waals surface area contributed by atoms with E-state index in [1.807, 2.05) is 42.5 Å². The number of ether oxygens (including phenoxy) is 1. The molecule has 0 aliphatic heterocycles. The molecular formula is C24H16Cl2N2O4. The molecule has 32 heavy (non-hydrogen) atoms. The van der Waals surface area contributed by atoms with Gasteiger partial charge in [-0.05, 0) is 35.4 Å². The Labute approximate surface area is 193 Å². The molecule has 1 amide bonds. The number of methoxy groups -OCH3 is 1. The van der Waals surface area contributed by atoms with Crippen molar-refractivity contribution in [3.63, 3.8) is 0 Å². The SMILES string of the molecule is COC(=O)c1c(-c2c(Cl)cccc2Cl)noc1NC(=O)c1ccc(-c2ccccc2)cc1. The van der Waals surface area contributed by atoms with E-state index < -0.39 is 11.9 Å². The second-order valence-electron chi connectivity index (χ2n) is 6.72. The Morgan fingerprint density at radius 1 is 0.875 bits per heavy atom. The molecule has 0 spiro atoms. The number of benzene rings is 3. The van der Waals surface area contributed by atoms with Crippen molar-refractivity contribution in [1.29, 1.82) is 0 Å². The molecule has 0 radical (unpaired) electrons. The first-order chi connectivity index (χ1) is 15.5. The van der Waals surface area contributed by atoms with E-state index in [2.05, 4.69) is 10.5 Å². The van der Waals surface area contributed by atoms with Crippen molar-refractivity contribution < 1.29 is 18.8 Å². The third-order valence-corrected chi connectivity index (χ3v) is 5.39. The molecule has 160 valence electrons. The van der Waals surface area contributed by atoms with E-state index in [4.69, 9.17) is 32.5 Å². The van der Waals surface area contributed by atoms with Crippen LogP contribution in [0.1, 0.15) is 20.7 Å². The normalized spacial score (nSPS) is 10.6. The van der Waals surface area contributed by atoms with Crippen LogP contribution in [-0.4, -0.2) is 24.1 Å². The molecule has 0 atom stereocenters. The number of hydrogen-bond donors (Lipinski definition) is 1. The summed E-state index contributed by atoms with van der Waals surface area (Å²) < 4.78 is 10.1. The van der Waals surface area contributed by atoms with Crippen LogP contribution < -0.4 is 5.32 Å². The van der Waals surface area contributed by atoms with Gasteiger partial charge in [0.25, 0.3) is 5.91 Å². The Balaban J connectivity index is 1.65. The van der Waals surface area contributed by atoms with Crippen LogP contribution >= 0.6 is 23.2 Å². The molecule has 1 heterocycles. The van der Waals surface area contributed by atoms with Gasteiger partial charge in [0.15, 0.2) is 5.56 Å². The van der Waals surface area contributed by atoms with Gasteiger partial charge in [-0.3, -0.25) is 10.1 Å². The van der Waals surface area contributed by atoms with Gasteiger partial charge in [-0.2, -0.15) is 0 Å². The predicted molar refractivity (Wildman–Crippen MR) is 123 cm³/mol. The Hall–Kier alpha value is -3.61. The van der Waals surface area contributed by atoms with Crippen molar-refractivity contribution in [3.05, 3.63) is 94.0 Å². The van der Waals surface area contributed by atoms with Gasteiger partial charge < -0.3 is 9.26 Å². The van der Waals surface area contributed by atoms with E-state index in [1.54, 1.807) is 30.3 Å². The van der Waals surface area contributed by atoms with Gasteiger partial charge in [0.2, 0.25) is 5.88 Å². The van der Waals surface area contributed by atoms with Crippen molar-refractivity contribution in [2.75, 3.05) is 12.4 Å². The number of anilines is 1. The molecular weight excluding hydrogens is 451 g/mol. The average molecular weight is 467 g/mol. The Bertz CT molecular complexity index is 1270. The van der Waals surface area contributed by atoms with E-state index in [0.29, 0.717) is 11.1 Å². The summed E-state index contributed by atoms with van der Waals surface area (Å²) >= 11 is 12.5. The van der Waals surface area contributed by atoms with Crippen LogP contribution in [0, 0.1) is 0 Å². The Morgan fingerprint density at radius 3 is 2.12 bits per heavy atom. The first-order valence-corrected chi connectivity index (χ1v) is 10.2. The number of esters is 1. The average Bonchev–Trinajstić information content (AvgIpc) is 3.22. The molecule has 0 unspecified atom stereocenters. The van der Waals surface area contributed by atoms with Crippen molar-refractivity contribution in [2.45, 2.75) is 0 Å². The maximum atomic E-state index is 12.8. The summed E-state index contributed by atoms with van der Waals surface area (Å²) in [6.45, 7) is 0. The summed E-state index contributed by atoms with van der Waals surface area (Å²) in [5.74, 6) is -1.41. The quantitative estimate of drug-likeness (QED) is 0.346. The van der Waals surface area contributed by atoms with Gasteiger partial charge in [0.1, 0.15) is 5.69 Å². The fraction of sp³-hybridized carbons (Fsp3) is 0.0417. The molecule has 0 bridgehead atoms. The minimum atomic E-state index is -0.757. The molecule has 0 saturated heterocycles. The minimum absolute atomic E-state index is 0.0715. The van der Waals surface area contributed by atoms with Crippen LogP contribution in [0.15, 0.2) is 77.3 Å². The number of amides is 1. The smallest absolute Gasteiger partial charge is 0.345 e. The van der Waals surface area contributed by atoms with Crippen molar-refractivity contribution in [1.82, 2.24) is 5.16 Å². The van der Waals surface area contributed by atoms with Gasteiger partial charge >= 0.3 is 5.97 Å². The molecule has 4 rings (SSSR count). The van der Waals surface area contributed by atoms with Crippen LogP contribution in [0.5, 0.6) is 0 Å². The minimum Gasteiger partial charge on any atom is -0.465 e. The second-order valence-corrected chi connectivity index (χ2v) is 7.54. The summed E-state index contributed by atoms with van der Waals surface area (Å²) in [6, 6.07) is 21.7. The number of halogens is 2. The highest BCUT2D eigenvalue weighted by molar-refractivity contribution is 6.39. The second kappa shape index (κ2) is 9.26. The number of hydrogen-bond acceptors (Lipinski definition) is 5. The van der Waals surface area contributed by atoms with E-state index in [-0.39, 0.29) is 27.2 Å². The van der Waals surface area contributed by atoms with E-state index >= 15 is 0 Å². The summed E-state index contributed by atoms with van der Waals surface area (Å²) in [5, 5.41) is 7.03. The molecule has 0 aliphatic rings. The fourth-order valence-electron chi connectivity index (χ4n) is 3.18. The number of carbonyl (C=O) groups excluding carboxylic acids is 2. The molecule has 0 fully saturated rings. The summed E-state index contributed by atoms with van der Waals surface area (Å²) in [6.07, 6.45) is 0. The Morgan fingerprint density at radius 2 is 1.50 bits per heavy atom. The van der Waals surface area contributed by atoms with Gasteiger partial charge in [0, 0.05) is 11.1 Å². The lowest BCUT2D eigenvalue weighted by Gasteiger charge is -2.07. The van der Waals surface area contributed by atoms with Gasteiger partial charge in [-0.1, -0.05) is 76.9 Å². The van der Waals surface area contributed by atoms with E-state index in [0.717, 1.165) is 11.1 Å². The Kier molecular flexibility index (Phi) is 6.25. The fourth-order valence-corrected chi connectivity index (χ4v) is 3.76. The lowest BCUT2D eigenvalue weighted by Crippen LogP contribution is -2.14. The molecule has 1 aromatic heterocycles. The van der Waals surface area contributed by atoms with Crippen LogP contribution in [0.25, 0.3) is 22.4 Å². The number of aromatic nitrogens is 1. The number of rotatable bonds is 5. The van der Waals surface area contributed by atoms with Crippen molar-refractivity contribution in [2.24, 2.45) is 0 Å². The van der Waals surface area contributed by atoms with Gasteiger partial charge in [-0.25, -0.2) is 4.79 Å². The number of nitrogens with one attached hydrogen (secondary N) is 1. The predicted octanol–water partition coefficient (Wildman–Crippen LogP) is 6.35. The lowest BCUT2D eigenvalue weighted by atomic mass is 10.0. The highest BCUT2D eigenvalue weighted by Crippen LogP contribution is 2.38. The largest absolute Gasteiger partial charge is 0.465 e. The monoisotopic (exact) mass is 466 g/mol. The van der Waals surface area contributed by atoms with E-state index in [1.165, 1.54) is 7.11 Å². The molecule has 3 aromatic carbocycles. The maximum absolute atomic E-state index is 12.8. The highest BCUT2D eigenvalue weighted by atomic mass is 35.5. The maximum Gasteiger partial charge on any atom is 0.345 e. The molecule has 4 aromatic rings. The zero-order chi connectivity index (χ0) is 22.7. The molecule has 1 N–H and O–H groups in total. The van der Waals surface area contributed by atoms with Gasteiger partial charge in [-0.15, -0.1) is 0 Å². The number of carbonyl (C=O) groups is 2. The third-order valence-electron chi connectivity index (χ3n) is 4.76. The summed E-state index contributed by atoms with van der Waals surface area (Å²) in [4.78, 5) is 25.3. The van der Waals surface area contributed by atoms with Crippen LogP contribution in [0.2, 0.25) is 10.0 Å². The summed E-state index contributed by atoms with van der Waals surface area (Å²) in [7, 11) is 1.21. The lowest BCUT2D eigenvalue weighted by molar-refractivity contribution is 0.0602. The topological polar surface area (TPSA) is 81.4 Å². The van der Waals surface area contributed by atoms with Crippen LogP contribution in [-0.2, 0) is 4.74 Å². The molecule has 0 aliphatic carbocycles. The van der Waals surface area contributed by atoms with E-state index in [9.17, 15) is 9.59 Å². The van der Waals surface area contributed by atoms with Gasteiger partial charge in [0.05, 0.1) is 17.2 Å². The molecule has 6 nitrogen and oxygen atoms in total. The third kappa shape index (κ3) is 4.23. The van der Waals surface area contributed by atoms with Crippen molar-refractivity contribution >= 4 is 41.0 Å².